The molecule has 0 saturated carbocycles. The Balaban J connectivity index is 1.92. The molecule has 0 radical (unpaired) electrons. The van der Waals surface area contributed by atoms with E-state index < -0.39 is 6.09 Å². The molecule has 134 valence electrons. The first-order valence-electron chi connectivity index (χ1n) is 7.94. The molecule has 0 saturated heterocycles. The Kier molecular flexibility index (Phi) is 7.80. The number of benzene rings is 2. The van der Waals surface area contributed by atoms with Crippen LogP contribution in [0.15, 0.2) is 42.5 Å². The number of halogens is 1. The van der Waals surface area contributed by atoms with Crippen LogP contribution in [0.2, 0.25) is 0 Å². The summed E-state index contributed by atoms with van der Waals surface area (Å²) in [6, 6.07) is 13.3. The zero-order valence-corrected chi connectivity index (χ0v) is 15.9. The molecule has 0 unspecified atom stereocenters. The molecule has 0 aliphatic rings. The van der Waals surface area contributed by atoms with Gasteiger partial charge < -0.3 is 25.6 Å². The van der Waals surface area contributed by atoms with Gasteiger partial charge in [0, 0.05) is 6.54 Å². The van der Waals surface area contributed by atoms with E-state index in [4.69, 9.17) is 20.3 Å². The molecule has 0 aliphatic carbocycles. The number of hydrogen-bond donors (Lipinski definition) is 3. The van der Waals surface area contributed by atoms with Crippen molar-refractivity contribution in [2.75, 3.05) is 19.7 Å². The summed E-state index contributed by atoms with van der Waals surface area (Å²) in [5.41, 5.74) is 6.49. The van der Waals surface area contributed by atoms with Crippen molar-refractivity contribution in [2.24, 2.45) is 5.73 Å². The quantitative estimate of drug-likeness (QED) is 0.396. The molecule has 25 heavy (non-hydrogen) atoms. The fraction of sp³-hybridized carbons (Fsp3) is 0.278. The molecular weight excluding hydrogens is 435 g/mol. The van der Waals surface area contributed by atoms with Gasteiger partial charge >= 0.3 is 6.09 Å². The number of carbonyl (C=O) groups is 1. The first-order chi connectivity index (χ1) is 12.1. The summed E-state index contributed by atoms with van der Waals surface area (Å²) in [4.78, 5) is 10.5. The van der Waals surface area contributed by atoms with Crippen molar-refractivity contribution < 1.29 is 19.4 Å². The van der Waals surface area contributed by atoms with E-state index in [1.165, 1.54) is 0 Å². The van der Waals surface area contributed by atoms with Gasteiger partial charge in [-0.25, -0.2) is 4.79 Å². The van der Waals surface area contributed by atoms with Crippen LogP contribution < -0.4 is 20.5 Å². The van der Waals surface area contributed by atoms with Gasteiger partial charge in [-0.1, -0.05) is 6.07 Å². The van der Waals surface area contributed by atoms with Crippen molar-refractivity contribution in [1.82, 2.24) is 5.32 Å². The lowest BCUT2D eigenvalue weighted by molar-refractivity contribution is 0.194. The first-order valence-corrected chi connectivity index (χ1v) is 9.02. The molecule has 0 heterocycles. The van der Waals surface area contributed by atoms with Crippen molar-refractivity contribution in [3.63, 3.8) is 0 Å². The first kappa shape index (κ1) is 19.3. The van der Waals surface area contributed by atoms with Crippen LogP contribution in [0.3, 0.4) is 0 Å². The van der Waals surface area contributed by atoms with E-state index in [2.05, 4.69) is 27.9 Å². The Morgan fingerprint density at radius 3 is 2.52 bits per heavy atom. The monoisotopic (exact) mass is 456 g/mol. The molecule has 2 aromatic rings. The fourth-order valence-electron chi connectivity index (χ4n) is 2.10. The van der Waals surface area contributed by atoms with Crippen LogP contribution in [0.4, 0.5) is 4.79 Å². The SMILES string of the molecule is NCCCOc1ccc(Oc2ccc(CCNC(=O)O)cc2I)cc1. The summed E-state index contributed by atoms with van der Waals surface area (Å²) >= 11 is 2.21. The van der Waals surface area contributed by atoms with E-state index in [-0.39, 0.29) is 0 Å². The molecule has 0 aliphatic heterocycles. The van der Waals surface area contributed by atoms with Gasteiger partial charge in [0.15, 0.2) is 0 Å². The van der Waals surface area contributed by atoms with Gasteiger partial charge in [-0.2, -0.15) is 0 Å². The second kappa shape index (κ2) is 10.1. The Morgan fingerprint density at radius 2 is 1.88 bits per heavy atom. The summed E-state index contributed by atoms with van der Waals surface area (Å²) < 4.78 is 12.4. The van der Waals surface area contributed by atoms with E-state index in [1.807, 2.05) is 42.5 Å². The number of nitrogens with two attached hydrogens (primary N) is 1. The van der Waals surface area contributed by atoms with E-state index in [0.717, 1.165) is 32.8 Å². The minimum absolute atomic E-state index is 0.386. The predicted molar refractivity (Wildman–Crippen MR) is 105 cm³/mol. The van der Waals surface area contributed by atoms with Crippen LogP contribution in [-0.4, -0.2) is 30.9 Å². The molecule has 4 N–H and O–H groups in total. The molecule has 7 heteroatoms. The lowest BCUT2D eigenvalue weighted by Crippen LogP contribution is -2.23. The van der Waals surface area contributed by atoms with Gasteiger partial charge in [0.1, 0.15) is 17.2 Å². The van der Waals surface area contributed by atoms with E-state index in [0.29, 0.717) is 26.1 Å². The van der Waals surface area contributed by atoms with Gasteiger partial charge in [-0.15, -0.1) is 0 Å². The second-order valence-electron chi connectivity index (χ2n) is 5.31. The summed E-state index contributed by atoms with van der Waals surface area (Å²) in [5, 5.41) is 10.9. The highest BCUT2D eigenvalue weighted by atomic mass is 127. The molecule has 0 bridgehead atoms. The van der Waals surface area contributed by atoms with Gasteiger partial charge in [-0.05, 0) is 83.9 Å². The Hall–Kier alpha value is -2.00. The zero-order chi connectivity index (χ0) is 18.1. The van der Waals surface area contributed by atoms with Crippen molar-refractivity contribution in [1.29, 1.82) is 0 Å². The lowest BCUT2D eigenvalue weighted by Gasteiger charge is -2.11. The number of hydrogen-bond acceptors (Lipinski definition) is 4. The summed E-state index contributed by atoms with van der Waals surface area (Å²) in [5.74, 6) is 2.27. The fourth-order valence-corrected chi connectivity index (χ4v) is 2.79. The number of nitrogens with one attached hydrogen (secondary N) is 1. The predicted octanol–water partition coefficient (Wildman–Crippen LogP) is 3.62. The highest BCUT2D eigenvalue weighted by Gasteiger charge is 2.05. The van der Waals surface area contributed by atoms with Crippen LogP contribution in [0, 0.1) is 3.57 Å². The Bertz CT molecular complexity index is 692. The third-order valence-corrected chi connectivity index (χ3v) is 4.20. The van der Waals surface area contributed by atoms with Crippen LogP contribution in [0.1, 0.15) is 12.0 Å². The van der Waals surface area contributed by atoms with Crippen molar-refractivity contribution in [3.05, 3.63) is 51.6 Å². The van der Waals surface area contributed by atoms with E-state index in [9.17, 15) is 4.79 Å². The summed E-state index contributed by atoms with van der Waals surface area (Å²) in [7, 11) is 0. The maximum atomic E-state index is 10.5. The normalized spacial score (nSPS) is 10.3. The van der Waals surface area contributed by atoms with Crippen LogP contribution in [0.25, 0.3) is 0 Å². The minimum Gasteiger partial charge on any atom is -0.494 e. The minimum atomic E-state index is -1.01. The number of ether oxygens (including phenoxy) is 2. The average Bonchev–Trinajstić information content (AvgIpc) is 2.58. The smallest absolute Gasteiger partial charge is 0.404 e. The van der Waals surface area contributed by atoms with Crippen molar-refractivity contribution in [3.8, 4) is 17.2 Å². The molecule has 2 rings (SSSR count). The topological polar surface area (TPSA) is 93.8 Å². The molecule has 0 aromatic heterocycles. The highest BCUT2D eigenvalue weighted by molar-refractivity contribution is 14.1. The number of carboxylic acid groups (broad SMARTS) is 1. The Morgan fingerprint density at radius 1 is 1.16 bits per heavy atom. The maximum absolute atomic E-state index is 10.5. The molecule has 6 nitrogen and oxygen atoms in total. The molecule has 0 fully saturated rings. The standard InChI is InChI=1S/C18H21IN2O4/c19-16-12-13(8-10-21-18(22)23)2-7-17(16)25-15-5-3-14(4-6-15)24-11-1-9-20/h2-7,12,21H,1,8-11,20H2,(H,22,23). The average molecular weight is 456 g/mol. The lowest BCUT2D eigenvalue weighted by atomic mass is 10.1. The molecule has 1 amide bonds. The maximum Gasteiger partial charge on any atom is 0.404 e. The summed E-state index contributed by atoms with van der Waals surface area (Å²) in [6.45, 7) is 1.60. The van der Waals surface area contributed by atoms with Crippen molar-refractivity contribution in [2.45, 2.75) is 12.8 Å². The molecular formula is C18H21IN2O4. The van der Waals surface area contributed by atoms with E-state index >= 15 is 0 Å². The van der Waals surface area contributed by atoms with E-state index in [1.54, 1.807) is 0 Å². The largest absolute Gasteiger partial charge is 0.494 e. The highest BCUT2D eigenvalue weighted by Crippen LogP contribution is 2.28. The second-order valence-corrected chi connectivity index (χ2v) is 6.47. The number of amides is 1. The van der Waals surface area contributed by atoms with Crippen LogP contribution in [-0.2, 0) is 6.42 Å². The third-order valence-electron chi connectivity index (χ3n) is 3.35. The summed E-state index contributed by atoms with van der Waals surface area (Å²) in [6.07, 6.45) is 0.451. The molecule has 0 atom stereocenters. The van der Waals surface area contributed by atoms with Crippen molar-refractivity contribution >= 4 is 28.7 Å². The Labute approximate surface area is 160 Å². The van der Waals surface area contributed by atoms with Crippen LogP contribution >= 0.6 is 22.6 Å². The van der Waals surface area contributed by atoms with Crippen LogP contribution in [0.5, 0.6) is 17.2 Å². The molecule has 2 aromatic carbocycles. The van der Waals surface area contributed by atoms with Gasteiger partial charge in [-0.3, -0.25) is 0 Å². The number of rotatable bonds is 9. The van der Waals surface area contributed by atoms with Gasteiger partial charge in [0.25, 0.3) is 0 Å². The molecule has 0 spiro atoms. The third kappa shape index (κ3) is 6.79. The van der Waals surface area contributed by atoms with Gasteiger partial charge in [0.05, 0.1) is 10.2 Å². The van der Waals surface area contributed by atoms with Gasteiger partial charge in [0.2, 0.25) is 0 Å². The zero-order valence-electron chi connectivity index (χ0n) is 13.7.